The maximum absolute atomic E-state index is 12.5. The Kier molecular flexibility index (Phi) is 6.75. The fraction of sp³-hybridized carbons (Fsp3) is 0.125. The molecule has 0 saturated heterocycles. The summed E-state index contributed by atoms with van der Waals surface area (Å²) in [6.45, 7) is 0.610. The van der Waals surface area contributed by atoms with Crippen LogP contribution in [-0.4, -0.2) is 28.8 Å². The summed E-state index contributed by atoms with van der Waals surface area (Å²) in [5, 5.41) is 7.66. The highest BCUT2D eigenvalue weighted by Crippen LogP contribution is 2.19. The van der Waals surface area contributed by atoms with E-state index in [0.717, 1.165) is 5.56 Å². The van der Waals surface area contributed by atoms with Crippen LogP contribution in [0.5, 0.6) is 5.75 Å². The van der Waals surface area contributed by atoms with Crippen LogP contribution in [0.1, 0.15) is 32.2 Å². The predicted molar refractivity (Wildman–Crippen MR) is 122 cm³/mol. The van der Waals surface area contributed by atoms with Crippen LogP contribution in [0, 0.1) is 0 Å². The molecule has 0 bridgehead atoms. The summed E-state index contributed by atoms with van der Waals surface area (Å²) in [5.74, 6) is 0.356. The molecule has 8 nitrogen and oxygen atoms in total. The first-order chi connectivity index (χ1) is 16.0. The molecular formula is C24H20ClN3O5. The van der Waals surface area contributed by atoms with Gasteiger partial charge in [-0.1, -0.05) is 29.8 Å². The number of nitrogens with zero attached hydrogens (tertiary/aromatic N) is 2. The Labute approximate surface area is 194 Å². The fourth-order valence-electron chi connectivity index (χ4n) is 3.05. The number of rotatable bonds is 8. The van der Waals surface area contributed by atoms with Gasteiger partial charge in [-0.25, -0.2) is 4.79 Å². The summed E-state index contributed by atoms with van der Waals surface area (Å²) in [6, 6.07) is 17.3. The number of halogens is 1. The molecule has 2 aromatic carbocycles. The van der Waals surface area contributed by atoms with Crippen molar-refractivity contribution >= 4 is 29.2 Å². The Morgan fingerprint density at radius 1 is 1.09 bits per heavy atom. The van der Waals surface area contributed by atoms with E-state index in [2.05, 4.69) is 15.2 Å². The highest BCUT2D eigenvalue weighted by atomic mass is 35.5. The van der Waals surface area contributed by atoms with Gasteiger partial charge in [0.15, 0.2) is 5.76 Å². The number of benzene rings is 2. The summed E-state index contributed by atoms with van der Waals surface area (Å²) >= 11 is 6.19. The predicted octanol–water partition coefficient (Wildman–Crippen LogP) is 4.80. The minimum atomic E-state index is -0.419. The zero-order chi connectivity index (χ0) is 23.2. The maximum atomic E-state index is 12.5. The number of amides is 1. The normalized spacial score (nSPS) is 10.6. The Balaban J connectivity index is 1.31. The van der Waals surface area contributed by atoms with Crippen molar-refractivity contribution in [3.05, 3.63) is 101 Å². The van der Waals surface area contributed by atoms with Crippen molar-refractivity contribution in [2.45, 2.75) is 13.2 Å². The van der Waals surface area contributed by atoms with Crippen LogP contribution in [-0.2, 0) is 17.9 Å². The number of carbonyl (C=O) groups excluding carboxylic acids is 2. The molecule has 0 radical (unpaired) electrons. The second kappa shape index (κ2) is 10.1. The van der Waals surface area contributed by atoms with Gasteiger partial charge in [0, 0.05) is 11.2 Å². The summed E-state index contributed by atoms with van der Waals surface area (Å²) in [7, 11) is 1.32. The number of carbonyl (C=O) groups is 2. The van der Waals surface area contributed by atoms with Crippen LogP contribution in [0.3, 0.4) is 0 Å². The number of furan rings is 1. The highest BCUT2D eigenvalue weighted by Gasteiger charge is 2.13. The number of ether oxygens (including phenoxy) is 2. The van der Waals surface area contributed by atoms with Crippen molar-refractivity contribution in [3.8, 4) is 5.75 Å². The first-order valence-electron chi connectivity index (χ1n) is 9.99. The maximum Gasteiger partial charge on any atom is 0.337 e. The van der Waals surface area contributed by atoms with Gasteiger partial charge >= 0.3 is 5.97 Å². The third-order valence-electron chi connectivity index (χ3n) is 4.72. The summed E-state index contributed by atoms with van der Waals surface area (Å²) in [4.78, 5) is 24.0. The van der Waals surface area contributed by atoms with Gasteiger partial charge < -0.3 is 19.2 Å². The molecule has 1 amide bonds. The molecule has 0 spiro atoms. The Morgan fingerprint density at radius 2 is 1.88 bits per heavy atom. The molecule has 0 unspecified atom stereocenters. The van der Waals surface area contributed by atoms with Crippen LogP contribution in [0.25, 0.3) is 0 Å². The average molecular weight is 466 g/mol. The molecule has 2 aromatic heterocycles. The molecule has 4 rings (SSSR count). The van der Waals surface area contributed by atoms with Crippen LogP contribution in [0.15, 0.2) is 77.5 Å². The van der Waals surface area contributed by atoms with E-state index < -0.39 is 11.9 Å². The largest absolute Gasteiger partial charge is 0.486 e. The lowest BCUT2D eigenvalue weighted by atomic mass is 10.2. The summed E-state index contributed by atoms with van der Waals surface area (Å²) < 4.78 is 17.6. The van der Waals surface area contributed by atoms with Gasteiger partial charge in [0.25, 0.3) is 5.91 Å². The molecular weight excluding hydrogens is 446 g/mol. The molecule has 9 heteroatoms. The van der Waals surface area contributed by atoms with Crippen molar-refractivity contribution in [3.63, 3.8) is 0 Å². The lowest BCUT2D eigenvalue weighted by Gasteiger charge is -2.05. The third kappa shape index (κ3) is 5.61. The van der Waals surface area contributed by atoms with Crippen molar-refractivity contribution < 1.29 is 23.5 Å². The topological polar surface area (TPSA) is 95.6 Å². The number of hydrogen-bond donors (Lipinski definition) is 1. The van der Waals surface area contributed by atoms with Gasteiger partial charge in [-0.3, -0.25) is 9.48 Å². The van der Waals surface area contributed by atoms with Gasteiger partial charge in [0.05, 0.1) is 31.1 Å². The molecule has 0 aliphatic heterocycles. The van der Waals surface area contributed by atoms with Gasteiger partial charge in [-0.2, -0.15) is 5.10 Å². The minimum absolute atomic E-state index is 0.126. The zero-order valence-corrected chi connectivity index (χ0v) is 18.4. The van der Waals surface area contributed by atoms with Gasteiger partial charge in [0.1, 0.15) is 18.1 Å². The van der Waals surface area contributed by atoms with E-state index in [0.29, 0.717) is 34.3 Å². The van der Waals surface area contributed by atoms with Crippen LogP contribution in [0.2, 0.25) is 5.02 Å². The van der Waals surface area contributed by atoms with Gasteiger partial charge in [0.2, 0.25) is 0 Å². The van der Waals surface area contributed by atoms with E-state index in [4.69, 9.17) is 20.8 Å². The molecule has 0 aliphatic rings. The minimum Gasteiger partial charge on any atom is -0.486 e. The number of esters is 1. The Hall–Kier alpha value is -4.04. The molecule has 4 aromatic rings. The average Bonchev–Trinajstić information content (AvgIpc) is 3.49. The highest BCUT2D eigenvalue weighted by molar-refractivity contribution is 6.31. The van der Waals surface area contributed by atoms with E-state index in [9.17, 15) is 9.59 Å². The standard InChI is InChI=1S/C24H20ClN3O5/c1-31-24(30)16-6-8-19(9-7-16)32-15-20-10-11-22(33-20)23(29)27-18-12-26-28(14-18)13-17-4-2-3-5-21(17)25/h2-12,14H,13,15H2,1H3,(H,27,29). The van der Waals surface area contributed by atoms with E-state index in [1.165, 1.54) is 7.11 Å². The molecule has 2 heterocycles. The smallest absolute Gasteiger partial charge is 0.337 e. The van der Waals surface area contributed by atoms with E-state index in [1.807, 2.05) is 24.3 Å². The summed E-state index contributed by atoms with van der Waals surface area (Å²) in [5.41, 5.74) is 1.89. The number of nitrogens with one attached hydrogen (secondary N) is 1. The number of hydrogen-bond acceptors (Lipinski definition) is 6. The van der Waals surface area contributed by atoms with Crippen molar-refractivity contribution in [1.29, 1.82) is 0 Å². The molecule has 1 N–H and O–H groups in total. The van der Waals surface area contributed by atoms with E-state index in [1.54, 1.807) is 53.5 Å². The van der Waals surface area contributed by atoms with Crippen LogP contribution >= 0.6 is 11.6 Å². The second-order valence-electron chi connectivity index (χ2n) is 7.04. The fourth-order valence-corrected chi connectivity index (χ4v) is 3.24. The SMILES string of the molecule is COC(=O)c1ccc(OCc2ccc(C(=O)Nc3cnn(Cc4ccccc4Cl)c3)o2)cc1. The molecule has 0 saturated carbocycles. The molecule has 168 valence electrons. The van der Waals surface area contributed by atoms with Crippen molar-refractivity contribution in [2.24, 2.45) is 0 Å². The molecule has 0 fully saturated rings. The van der Waals surface area contributed by atoms with Gasteiger partial charge in [-0.05, 0) is 48.0 Å². The van der Waals surface area contributed by atoms with Gasteiger partial charge in [-0.15, -0.1) is 0 Å². The first-order valence-corrected chi connectivity index (χ1v) is 10.4. The Bertz CT molecular complexity index is 1260. The van der Waals surface area contributed by atoms with Crippen molar-refractivity contribution in [1.82, 2.24) is 9.78 Å². The van der Waals surface area contributed by atoms with Crippen molar-refractivity contribution in [2.75, 3.05) is 12.4 Å². The third-order valence-corrected chi connectivity index (χ3v) is 5.09. The quantitative estimate of drug-likeness (QED) is 0.376. The first kappa shape index (κ1) is 22.2. The van der Waals surface area contributed by atoms with Crippen LogP contribution < -0.4 is 10.1 Å². The molecule has 0 atom stereocenters. The summed E-state index contributed by atoms with van der Waals surface area (Å²) in [6.07, 6.45) is 3.27. The van der Waals surface area contributed by atoms with E-state index >= 15 is 0 Å². The second-order valence-corrected chi connectivity index (χ2v) is 7.45. The molecule has 33 heavy (non-hydrogen) atoms. The lowest BCUT2D eigenvalue weighted by molar-refractivity contribution is 0.0600. The monoisotopic (exact) mass is 465 g/mol. The molecule has 0 aliphatic carbocycles. The number of methoxy groups -OCH3 is 1. The Morgan fingerprint density at radius 3 is 2.64 bits per heavy atom. The van der Waals surface area contributed by atoms with Crippen LogP contribution in [0.4, 0.5) is 5.69 Å². The lowest BCUT2D eigenvalue weighted by Crippen LogP contribution is -2.10. The zero-order valence-electron chi connectivity index (χ0n) is 17.7. The number of aromatic nitrogens is 2. The number of anilines is 1. The van der Waals surface area contributed by atoms with E-state index in [-0.39, 0.29) is 12.4 Å².